The van der Waals surface area contributed by atoms with E-state index in [9.17, 15) is 9.59 Å². The van der Waals surface area contributed by atoms with Crippen LogP contribution in [0.15, 0.2) is 36.4 Å². The number of hydrogen-bond acceptors (Lipinski definition) is 7. The summed E-state index contributed by atoms with van der Waals surface area (Å²) in [6, 6.07) is 11.2. The van der Waals surface area contributed by atoms with Gasteiger partial charge in [0, 0.05) is 37.3 Å². The normalized spacial score (nSPS) is 13.4. The largest absolute Gasteiger partial charge is 0.351 e. The molecule has 2 amide bonds. The van der Waals surface area contributed by atoms with E-state index in [2.05, 4.69) is 15.6 Å². The molecule has 2 heterocycles. The number of rotatable bonds is 8. The number of benzene rings is 1. The molecule has 1 fully saturated rings. The number of hydrogen-bond donors (Lipinski definition) is 2. The number of likely N-dealkylation sites (N-methyl/N-ethyl adjacent to an activating group) is 1. The molecule has 0 atom stereocenters. The first-order chi connectivity index (χ1) is 14.9. The Morgan fingerprint density at radius 3 is 2.48 bits per heavy atom. The number of nitrogens with zero attached hydrogens (tertiary/aromatic N) is 4. The average molecular weight is 439 g/mol. The summed E-state index contributed by atoms with van der Waals surface area (Å²) in [6.07, 6.45) is 1.92. The summed E-state index contributed by atoms with van der Waals surface area (Å²) in [4.78, 5) is 38.1. The van der Waals surface area contributed by atoms with Gasteiger partial charge in [-0.1, -0.05) is 11.3 Å². The predicted octanol–water partition coefficient (Wildman–Crippen LogP) is 3.10. The molecule has 0 bridgehead atoms. The Kier molecular flexibility index (Phi) is 6.15. The summed E-state index contributed by atoms with van der Waals surface area (Å²) in [5.41, 5.74) is 2.30. The van der Waals surface area contributed by atoms with E-state index < -0.39 is 0 Å². The molecular weight excluding hydrogens is 412 g/mol. The second-order valence-corrected chi connectivity index (χ2v) is 8.92. The van der Waals surface area contributed by atoms with E-state index >= 15 is 0 Å². The van der Waals surface area contributed by atoms with Crippen molar-refractivity contribution in [2.75, 3.05) is 44.4 Å². The standard InChI is InChI=1S/C22H26N6O2S/c1-27(2)13-12-23-19(29)14-6-8-16(9-7-14)28(3)18-11-10-17-21(25-18)31-22(24-17)26-20(30)15-4-5-15/h6-11,15H,4-5,12-13H2,1-3H3,(H,23,29)(H,24,26,30). The monoisotopic (exact) mass is 438 g/mol. The minimum atomic E-state index is -0.0824. The SMILES string of the molecule is CN(C)CCNC(=O)c1ccc(N(C)c2ccc3nc(NC(=O)C4CC4)sc3n2)cc1. The van der Waals surface area contributed by atoms with Crippen LogP contribution in [0.25, 0.3) is 10.3 Å². The van der Waals surface area contributed by atoms with E-state index in [1.807, 2.05) is 67.3 Å². The maximum atomic E-state index is 12.3. The van der Waals surface area contributed by atoms with E-state index in [0.29, 0.717) is 17.2 Å². The molecule has 0 saturated heterocycles. The summed E-state index contributed by atoms with van der Waals surface area (Å²) in [5, 5.41) is 6.39. The van der Waals surface area contributed by atoms with Crippen molar-refractivity contribution in [3.8, 4) is 0 Å². The van der Waals surface area contributed by atoms with E-state index in [1.165, 1.54) is 11.3 Å². The third-order valence-corrected chi connectivity index (χ3v) is 6.00. The van der Waals surface area contributed by atoms with Gasteiger partial charge in [-0.05, 0) is 63.3 Å². The summed E-state index contributed by atoms with van der Waals surface area (Å²) in [5.74, 6) is 0.863. The van der Waals surface area contributed by atoms with Crippen LogP contribution in [-0.4, -0.2) is 60.9 Å². The third kappa shape index (κ3) is 5.18. The van der Waals surface area contributed by atoms with Crippen molar-refractivity contribution in [1.29, 1.82) is 0 Å². The van der Waals surface area contributed by atoms with Crippen molar-refractivity contribution in [3.63, 3.8) is 0 Å². The Labute approximate surface area is 185 Å². The fourth-order valence-corrected chi connectivity index (χ4v) is 3.90. The molecular formula is C22H26N6O2S. The zero-order valence-electron chi connectivity index (χ0n) is 17.9. The third-order valence-electron chi connectivity index (χ3n) is 5.12. The van der Waals surface area contributed by atoms with Gasteiger partial charge >= 0.3 is 0 Å². The molecule has 1 saturated carbocycles. The summed E-state index contributed by atoms with van der Waals surface area (Å²) in [6.45, 7) is 1.40. The van der Waals surface area contributed by atoms with Crippen LogP contribution in [0.2, 0.25) is 0 Å². The molecule has 9 heteroatoms. The molecule has 0 aliphatic heterocycles. The van der Waals surface area contributed by atoms with Crippen molar-refractivity contribution in [2.24, 2.45) is 5.92 Å². The number of carbonyl (C=O) groups excluding carboxylic acids is 2. The highest BCUT2D eigenvalue weighted by Crippen LogP contribution is 2.33. The highest BCUT2D eigenvalue weighted by atomic mass is 32.1. The van der Waals surface area contributed by atoms with Crippen LogP contribution >= 0.6 is 11.3 Å². The number of anilines is 3. The van der Waals surface area contributed by atoms with Crippen molar-refractivity contribution in [3.05, 3.63) is 42.0 Å². The van der Waals surface area contributed by atoms with Gasteiger partial charge in [-0.25, -0.2) is 9.97 Å². The van der Waals surface area contributed by atoms with E-state index in [-0.39, 0.29) is 17.7 Å². The molecule has 0 spiro atoms. The second kappa shape index (κ2) is 8.99. The van der Waals surface area contributed by atoms with Gasteiger partial charge in [0.15, 0.2) is 5.13 Å². The fourth-order valence-electron chi connectivity index (χ4n) is 3.06. The number of nitrogens with one attached hydrogen (secondary N) is 2. The second-order valence-electron chi connectivity index (χ2n) is 7.94. The van der Waals surface area contributed by atoms with E-state index in [4.69, 9.17) is 4.98 Å². The quantitative estimate of drug-likeness (QED) is 0.562. The highest BCUT2D eigenvalue weighted by molar-refractivity contribution is 7.22. The molecule has 0 radical (unpaired) electrons. The maximum absolute atomic E-state index is 12.3. The minimum Gasteiger partial charge on any atom is -0.351 e. The molecule has 0 unspecified atom stereocenters. The molecule has 8 nitrogen and oxygen atoms in total. The topological polar surface area (TPSA) is 90.5 Å². The molecule has 1 aliphatic rings. The molecule has 1 aliphatic carbocycles. The Morgan fingerprint density at radius 2 is 1.81 bits per heavy atom. The van der Waals surface area contributed by atoms with Crippen LogP contribution < -0.4 is 15.5 Å². The lowest BCUT2D eigenvalue weighted by atomic mass is 10.2. The molecule has 3 aromatic rings. The Morgan fingerprint density at radius 1 is 1.06 bits per heavy atom. The Hall–Kier alpha value is -3.04. The number of fused-ring (bicyclic) bond motifs is 1. The Balaban J connectivity index is 1.43. The smallest absolute Gasteiger partial charge is 0.251 e. The molecule has 31 heavy (non-hydrogen) atoms. The molecule has 4 rings (SSSR count). The van der Waals surface area contributed by atoms with Crippen molar-refractivity contribution >= 4 is 50.1 Å². The van der Waals surface area contributed by atoms with Crippen LogP contribution in [0.4, 0.5) is 16.6 Å². The number of carbonyl (C=O) groups is 2. The predicted molar refractivity (Wildman–Crippen MR) is 124 cm³/mol. The summed E-state index contributed by atoms with van der Waals surface area (Å²) < 4.78 is 0. The van der Waals surface area contributed by atoms with Crippen LogP contribution in [0.5, 0.6) is 0 Å². The van der Waals surface area contributed by atoms with Crippen molar-refractivity contribution in [1.82, 2.24) is 20.2 Å². The first-order valence-corrected chi connectivity index (χ1v) is 11.1. The minimum absolute atomic E-state index is 0.0437. The molecule has 2 N–H and O–H groups in total. The fraction of sp³-hybridized carbons (Fsp3) is 0.364. The van der Waals surface area contributed by atoms with Crippen LogP contribution in [0.1, 0.15) is 23.2 Å². The van der Waals surface area contributed by atoms with Gasteiger partial charge in [0.2, 0.25) is 5.91 Å². The zero-order chi connectivity index (χ0) is 22.0. The molecule has 2 aromatic heterocycles. The summed E-state index contributed by atoms with van der Waals surface area (Å²) >= 11 is 1.38. The molecule has 1 aromatic carbocycles. The highest BCUT2D eigenvalue weighted by Gasteiger charge is 2.30. The number of amides is 2. The van der Waals surface area contributed by atoms with Gasteiger partial charge in [-0.2, -0.15) is 0 Å². The van der Waals surface area contributed by atoms with Crippen LogP contribution in [0.3, 0.4) is 0 Å². The van der Waals surface area contributed by atoms with E-state index in [1.54, 1.807) is 0 Å². The summed E-state index contributed by atoms with van der Waals surface area (Å²) in [7, 11) is 5.87. The van der Waals surface area contributed by atoms with Gasteiger partial charge in [0.25, 0.3) is 5.91 Å². The lowest BCUT2D eigenvalue weighted by Crippen LogP contribution is -2.31. The van der Waals surface area contributed by atoms with Crippen LogP contribution in [0, 0.1) is 5.92 Å². The average Bonchev–Trinajstić information content (AvgIpc) is 3.53. The zero-order valence-corrected chi connectivity index (χ0v) is 18.7. The van der Waals surface area contributed by atoms with Gasteiger partial charge in [-0.15, -0.1) is 0 Å². The first-order valence-electron chi connectivity index (χ1n) is 10.3. The Bertz CT molecular complexity index is 1090. The van der Waals surface area contributed by atoms with Crippen molar-refractivity contribution in [2.45, 2.75) is 12.8 Å². The number of pyridine rings is 1. The maximum Gasteiger partial charge on any atom is 0.251 e. The first kappa shape index (κ1) is 21.2. The van der Waals surface area contributed by atoms with Crippen LogP contribution in [-0.2, 0) is 4.79 Å². The number of thiazole rings is 1. The van der Waals surface area contributed by atoms with Crippen molar-refractivity contribution < 1.29 is 9.59 Å². The lowest BCUT2D eigenvalue weighted by molar-refractivity contribution is -0.117. The van der Waals surface area contributed by atoms with E-state index in [0.717, 1.165) is 41.2 Å². The van der Waals surface area contributed by atoms with Gasteiger partial charge in [-0.3, -0.25) is 9.59 Å². The van der Waals surface area contributed by atoms with Gasteiger partial charge < -0.3 is 20.4 Å². The molecule has 162 valence electrons. The number of aromatic nitrogens is 2. The lowest BCUT2D eigenvalue weighted by Gasteiger charge is -2.18. The van der Waals surface area contributed by atoms with Gasteiger partial charge in [0.1, 0.15) is 16.2 Å². The van der Waals surface area contributed by atoms with Gasteiger partial charge in [0.05, 0.1) is 0 Å².